The molecule has 0 heterocycles. The molecule has 0 radical (unpaired) electrons. The molecular weight excluding hydrogens is 267 g/mol. The molecule has 1 aliphatic carbocycles. The van der Waals surface area contributed by atoms with Crippen molar-refractivity contribution in [2.45, 2.75) is 31.3 Å². The van der Waals surface area contributed by atoms with E-state index in [4.69, 9.17) is 0 Å². The summed E-state index contributed by atoms with van der Waals surface area (Å²) < 4.78 is 13.2. The van der Waals surface area contributed by atoms with Crippen LogP contribution in [-0.2, 0) is 0 Å². The fourth-order valence-corrected chi connectivity index (χ4v) is 2.37. The second-order valence-electron chi connectivity index (χ2n) is 5.07. The highest BCUT2D eigenvalue weighted by atomic mass is 19.1. The van der Waals surface area contributed by atoms with Crippen molar-refractivity contribution in [3.05, 3.63) is 39.7 Å². The Morgan fingerprint density at radius 3 is 2.65 bits per heavy atom. The molecule has 1 aromatic rings. The molecule has 108 valence electrons. The van der Waals surface area contributed by atoms with E-state index in [-0.39, 0.29) is 12.1 Å². The van der Waals surface area contributed by atoms with Gasteiger partial charge in [-0.15, -0.1) is 0 Å². The maximum atomic E-state index is 13.2. The van der Waals surface area contributed by atoms with E-state index < -0.39 is 27.9 Å². The summed E-state index contributed by atoms with van der Waals surface area (Å²) in [5.74, 6) is -1.48. The number of nitro benzene ring substituents is 1. The van der Waals surface area contributed by atoms with Crippen LogP contribution in [0.15, 0.2) is 18.2 Å². The standard InChI is InChI=1S/C13H15FN2O4/c14-10-5-9(6-11(7-10)16(19)20)12(17)15-8-13(18)3-1-2-4-13/h5-7,18H,1-4,8H2,(H,15,17). The van der Waals surface area contributed by atoms with Gasteiger partial charge in [0.05, 0.1) is 16.6 Å². The van der Waals surface area contributed by atoms with Crippen LogP contribution in [0, 0.1) is 15.9 Å². The smallest absolute Gasteiger partial charge is 0.273 e. The quantitative estimate of drug-likeness (QED) is 0.650. The van der Waals surface area contributed by atoms with E-state index in [9.17, 15) is 24.4 Å². The summed E-state index contributed by atoms with van der Waals surface area (Å²) in [5, 5.41) is 23.2. The Kier molecular flexibility index (Phi) is 3.99. The van der Waals surface area contributed by atoms with E-state index in [1.54, 1.807) is 0 Å². The number of hydrogen-bond donors (Lipinski definition) is 2. The van der Waals surface area contributed by atoms with Crippen molar-refractivity contribution in [1.82, 2.24) is 5.32 Å². The Bertz CT molecular complexity index is 541. The van der Waals surface area contributed by atoms with Crippen molar-refractivity contribution < 1.29 is 19.2 Å². The maximum absolute atomic E-state index is 13.2. The second-order valence-corrected chi connectivity index (χ2v) is 5.07. The van der Waals surface area contributed by atoms with E-state index in [2.05, 4.69) is 5.32 Å². The summed E-state index contributed by atoms with van der Waals surface area (Å²) in [6.45, 7) is 0.0656. The van der Waals surface area contributed by atoms with Crippen LogP contribution >= 0.6 is 0 Å². The van der Waals surface area contributed by atoms with Crippen LogP contribution in [0.4, 0.5) is 10.1 Å². The van der Waals surface area contributed by atoms with Crippen LogP contribution in [0.1, 0.15) is 36.0 Å². The Morgan fingerprint density at radius 2 is 2.05 bits per heavy atom. The number of aliphatic hydroxyl groups is 1. The summed E-state index contributed by atoms with van der Waals surface area (Å²) in [5.41, 5.74) is -1.53. The number of halogens is 1. The average Bonchev–Trinajstić information content (AvgIpc) is 2.82. The Hall–Kier alpha value is -2.02. The monoisotopic (exact) mass is 282 g/mol. The highest BCUT2D eigenvalue weighted by Gasteiger charge is 2.31. The first-order valence-electron chi connectivity index (χ1n) is 6.35. The van der Waals surface area contributed by atoms with Gasteiger partial charge >= 0.3 is 0 Å². The van der Waals surface area contributed by atoms with E-state index >= 15 is 0 Å². The number of carbonyl (C=O) groups is 1. The van der Waals surface area contributed by atoms with Gasteiger partial charge in [-0.3, -0.25) is 14.9 Å². The van der Waals surface area contributed by atoms with Crippen LogP contribution in [0.2, 0.25) is 0 Å². The third-order valence-electron chi connectivity index (χ3n) is 3.47. The molecule has 0 aliphatic heterocycles. The number of rotatable bonds is 4. The lowest BCUT2D eigenvalue weighted by Crippen LogP contribution is -2.40. The fraction of sp³-hybridized carbons (Fsp3) is 0.462. The molecule has 2 N–H and O–H groups in total. The van der Waals surface area contributed by atoms with Crippen LogP contribution in [0.3, 0.4) is 0 Å². The summed E-state index contributed by atoms with van der Waals surface area (Å²) >= 11 is 0. The molecule has 1 saturated carbocycles. The molecule has 0 atom stereocenters. The summed E-state index contributed by atoms with van der Waals surface area (Å²) in [6, 6.07) is 2.69. The third kappa shape index (κ3) is 3.30. The van der Waals surface area contributed by atoms with Crippen molar-refractivity contribution in [2.75, 3.05) is 6.54 Å². The van der Waals surface area contributed by atoms with E-state index in [0.717, 1.165) is 31.0 Å². The van der Waals surface area contributed by atoms with Crippen molar-refractivity contribution in [2.24, 2.45) is 0 Å². The SMILES string of the molecule is O=C(NCC1(O)CCCC1)c1cc(F)cc([N+](=O)[O-])c1. The molecule has 1 aromatic carbocycles. The molecule has 7 heteroatoms. The number of nitrogens with one attached hydrogen (secondary N) is 1. The molecule has 1 amide bonds. The molecule has 0 bridgehead atoms. The van der Waals surface area contributed by atoms with Crippen molar-refractivity contribution in [1.29, 1.82) is 0 Å². The summed E-state index contributed by atoms with van der Waals surface area (Å²) in [7, 11) is 0. The lowest BCUT2D eigenvalue weighted by Gasteiger charge is -2.22. The van der Waals surface area contributed by atoms with Crippen LogP contribution in [-0.4, -0.2) is 28.1 Å². The lowest BCUT2D eigenvalue weighted by atomic mass is 10.0. The number of benzene rings is 1. The largest absolute Gasteiger partial charge is 0.388 e. The Morgan fingerprint density at radius 1 is 1.40 bits per heavy atom. The molecular formula is C13H15FN2O4. The molecule has 6 nitrogen and oxygen atoms in total. The van der Waals surface area contributed by atoms with E-state index in [0.29, 0.717) is 12.8 Å². The minimum atomic E-state index is -0.922. The van der Waals surface area contributed by atoms with Gasteiger partial charge in [-0.05, 0) is 18.9 Å². The van der Waals surface area contributed by atoms with Gasteiger partial charge < -0.3 is 10.4 Å². The third-order valence-corrected chi connectivity index (χ3v) is 3.47. The summed E-state index contributed by atoms with van der Waals surface area (Å²) in [6.07, 6.45) is 3.02. The van der Waals surface area contributed by atoms with Gasteiger partial charge in [-0.1, -0.05) is 12.8 Å². The average molecular weight is 282 g/mol. The van der Waals surface area contributed by atoms with Gasteiger partial charge in [0.25, 0.3) is 11.6 Å². The highest BCUT2D eigenvalue weighted by Crippen LogP contribution is 2.28. The highest BCUT2D eigenvalue weighted by molar-refractivity contribution is 5.94. The van der Waals surface area contributed by atoms with E-state index in [1.165, 1.54) is 0 Å². The first-order chi connectivity index (χ1) is 9.39. The zero-order valence-corrected chi connectivity index (χ0v) is 10.8. The van der Waals surface area contributed by atoms with Gasteiger partial charge in [0.1, 0.15) is 5.82 Å². The maximum Gasteiger partial charge on any atom is 0.273 e. The minimum absolute atomic E-state index is 0.0656. The molecule has 0 unspecified atom stereocenters. The van der Waals surface area contributed by atoms with Crippen LogP contribution in [0.5, 0.6) is 0 Å². The molecule has 2 rings (SSSR count). The van der Waals surface area contributed by atoms with Crippen LogP contribution < -0.4 is 5.32 Å². The first-order valence-corrected chi connectivity index (χ1v) is 6.35. The predicted molar refractivity (Wildman–Crippen MR) is 68.8 cm³/mol. The van der Waals surface area contributed by atoms with Crippen LogP contribution in [0.25, 0.3) is 0 Å². The molecule has 0 saturated heterocycles. The first kappa shape index (κ1) is 14.4. The zero-order chi connectivity index (χ0) is 14.8. The summed E-state index contributed by atoms with van der Waals surface area (Å²) in [4.78, 5) is 21.7. The number of hydrogen-bond acceptors (Lipinski definition) is 4. The second kappa shape index (κ2) is 5.54. The van der Waals surface area contributed by atoms with E-state index in [1.807, 2.05) is 0 Å². The van der Waals surface area contributed by atoms with Gasteiger partial charge in [-0.2, -0.15) is 0 Å². The molecule has 1 fully saturated rings. The number of nitro groups is 1. The lowest BCUT2D eigenvalue weighted by molar-refractivity contribution is -0.385. The molecule has 0 aromatic heterocycles. The number of nitrogens with zero attached hydrogens (tertiary/aromatic N) is 1. The number of carbonyl (C=O) groups excluding carboxylic acids is 1. The molecule has 0 spiro atoms. The topological polar surface area (TPSA) is 92.5 Å². The number of non-ortho nitro benzene ring substituents is 1. The van der Waals surface area contributed by atoms with Gasteiger partial charge in [-0.25, -0.2) is 4.39 Å². The Labute approximate surface area is 114 Å². The fourth-order valence-electron chi connectivity index (χ4n) is 2.37. The minimum Gasteiger partial charge on any atom is -0.388 e. The Balaban J connectivity index is 2.07. The molecule has 1 aliphatic rings. The van der Waals surface area contributed by atoms with Gasteiger partial charge in [0.2, 0.25) is 0 Å². The van der Waals surface area contributed by atoms with Gasteiger partial charge in [0.15, 0.2) is 0 Å². The zero-order valence-electron chi connectivity index (χ0n) is 10.8. The van der Waals surface area contributed by atoms with Crippen molar-refractivity contribution in [3.8, 4) is 0 Å². The number of amides is 1. The normalized spacial score (nSPS) is 16.9. The van der Waals surface area contributed by atoms with Crippen molar-refractivity contribution in [3.63, 3.8) is 0 Å². The van der Waals surface area contributed by atoms with Gasteiger partial charge in [0, 0.05) is 18.2 Å². The van der Waals surface area contributed by atoms with Crippen molar-refractivity contribution >= 4 is 11.6 Å². The predicted octanol–water partition coefficient (Wildman–Crippen LogP) is 1.77. The molecule has 20 heavy (non-hydrogen) atoms.